The van der Waals surface area contributed by atoms with E-state index in [2.05, 4.69) is 86.8 Å². The standard InChI is InChI=1S/C24H18.2ClH.Zr/c1-15-17-7-3-5-9-21(17)23-13-14-24-20(12-11-19(15)23)16(2)18-8-4-6-10-22(18)24;;;/h3-14H,1-2H3;2*1H;/q;;;+2/p-2/b12-11-,14-13-;;;. The Hall–Kier alpha value is -0.0969. The zero-order chi connectivity index (χ0) is 19.0. The van der Waals surface area contributed by atoms with Crippen molar-refractivity contribution in [2.75, 3.05) is 0 Å². The molecule has 0 aliphatic heterocycles. The van der Waals surface area contributed by atoms with Gasteiger partial charge in [-0.25, -0.2) is 0 Å². The number of halogens is 2. The van der Waals surface area contributed by atoms with Crippen LogP contribution in [0.15, 0.2) is 72.9 Å². The van der Waals surface area contributed by atoms with E-state index < -0.39 is 20.8 Å². The van der Waals surface area contributed by atoms with Gasteiger partial charge in [0.25, 0.3) is 0 Å². The van der Waals surface area contributed by atoms with E-state index in [0.29, 0.717) is 0 Å². The molecule has 10 radical (unpaired) electrons. The Bertz CT molecular complexity index is 658. The van der Waals surface area contributed by atoms with Crippen LogP contribution in [-0.4, -0.2) is 0 Å². The van der Waals surface area contributed by atoms with Gasteiger partial charge in [-0.15, -0.1) is 0 Å². The van der Waals surface area contributed by atoms with E-state index in [4.69, 9.17) is 17.0 Å². The fourth-order valence-corrected chi connectivity index (χ4v) is 4.20. The normalized spacial score (nSPS) is 30.2. The van der Waals surface area contributed by atoms with Crippen molar-refractivity contribution in [2.45, 2.75) is 13.8 Å². The molecular formula is C24H18Cl2Zr. The predicted octanol–water partition coefficient (Wildman–Crippen LogP) is 6.55. The van der Waals surface area contributed by atoms with Crippen molar-refractivity contribution in [1.82, 2.24) is 0 Å². The molecule has 3 heteroatoms. The predicted molar refractivity (Wildman–Crippen MR) is 110 cm³/mol. The molecule has 2 saturated carbocycles. The van der Waals surface area contributed by atoms with E-state index in [1.54, 1.807) is 0 Å². The van der Waals surface area contributed by atoms with Crippen molar-refractivity contribution in [2.24, 2.45) is 0 Å². The molecule has 132 valence electrons. The van der Waals surface area contributed by atoms with Crippen LogP contribution in [0.3, 0.4) is 0 Å². The molecule has 27 heavy (non-hydrogen) atoms. The van der Waals surface area contributed by atoms with E-state index in [1.165, 1.54) is 59.2 Å². The minimum absolute atomic E-state index is 0.826. The number of hydrogen-bond donors (Lipinski definition) is 0. The maximum atomic E-state index is 4.93. The summed E-state index contributed by atoms with van der Waals surface area (Å²) in [4.78, 5) is 0. The third kappa shape index (κ3) is 3.62. The molecule has 0 nitrogen and oxygen atoms in total. The zero-order valence-corrected chi connectivity index (χ0v) is 19.2. The molecule has 0 spiro atoms. The van der Waals surface area contributed by atoms with Crippen molar-refractivity contribution in [3.05, 3.63) is 132 Å². The SMILES string of the molecule is C[C]1[C]2C=CC=C[C]2[C]2/C=C\[C]3[C]4C=CC=C[C]4[C](C)[C]3/C=C\[C]12.[Cl][Zr][Cl]. The minimum atomic E-state index is -0.826. The summed E-state index contributed by atoms with van der Waals surface area (Å²) in [5.74, 6) is 13.5. The van der Waals surface area contributed by atoms with Gasteiger partial charge >= 0.3 is 37.9 Å². The summed E-state index contributed by atoms with van der Waals surface area (Å²) in [6.45, 7) is 4.46. The number of allylic oxidation sites excluding steroid dienone is 12. The third-order valence-corrected chi connectivity index (χ3v) is 5.46. The maximum absolute atomic E-state index is 4.93. The van der Waals surface area contributed by atoms with Gasteiger partial charge in [0.15, 0.2) is 0 Å². The molecule has 5 aliphatic carbocycles. The molecule has 0 N–H and O–H groups in total. The Morgan fingerprint density at radius 2 is 0.667 bits per heavy atom. The van der Waals surface area contributed by atoms with E-state index in [0.717, 1.165) is 0 Å². The van der Waals surface area contributed by atoms with Crippen LogP contribution in [0.5, 0.6) is 0 Å². The Morgan fingerprint density at radius 1 is 0.444 bits per heavy atom. The summed E-state index contributed by atoms with van der Waals surface area (Å²) in [7, 11) is 9.87. The van der Waals surface area contributed by atoms with Crippen molar-refractivity contribution in [3.63, 3.8) is 0 Å². The second-order valence-electron chi connectivity index (χ2n) is 6.73. The van der Waals surface area contributed by atoms with Crippen molar-refractivity contribution >= 4 is 17.0 Å². The number of fused-ring (bicyclic) bond motifs is 6. The van der Waals surface area contributed by atoms with Crippen molar-refractivity contribution < 1.29 is 20.8 Å². The Labute approximate surface area is 182 Å². The quantitative estimate of drug-likeness (QED) is 0.378. The van der Waals surface area contributed by atoms with Gasteiger partial charge in [0, 0.05) is 47.3 Å². The zero-order valence-electron chi connectivity index (χ0n) is 15.2. The summed E-state index contributed by atoms with van der Waals surface area (Å²) < 4.78 is 0. The van der Waals surface area contributed by atoms with Crippen LogP contribution in [0.1, 0.15) is 13.8 Å². The molecule has 5 aliphatic rings. The van der Waals surface area contributed by atoms with E-state index in [9.17, 15) is 0 Å². The molecule has 0 saturated heterocycles. The van der Waals surface area contributed by atoms with E-state index >= 15 is 0 Å². The van der Waals surface area contributed by atoms with Gasteiger partial charge in [-0.2, -0.15) is 0 Å². The van der Waals surface area contributed by atoms with Gasteiger partial charge in [-0.05, 0) is 11.8 Å². The molecular weight excluding hydrogens is 450 g/mol. The Kier molecular flexibility index (Phi) is 6.53. The molecule has 5 rings (SSSR count). The first kappa shape index (κ1) is 20.2. The third-order valence-electron chi connectivity index (χ3n) is 5.46. The van der Waals surface area contributed by atoms with Crippen LogP contribution in [0.25, 0.3) is 0 Å². The average molecular weight is 469 g/mol. The van der Waals surface area contributed by atoms with Gasteiger partial charge in [-0.3, -0.25) is 0 Å². The number of rotatable bonds is 0. The molecule has 0 aromatic heterocycles. The van der Waals surface area contributed by atoms with Crippen LogP contribution in [-0.2, 0) is 20.8 Å². The molecule has 0 atom stereocenters. The van der Waals surface area contributed by atoms with Gasteiger partial charge in [0.2, 0.25) is 0 Å². The van der Waals surface area contributed by atoms with Crippen molar-refractivity contribution in [1.29, 1.82) is 0 Å². The first-order valence-electron chi connectivity index (χ1n) is 8.85. The summed E-state index contributed by atoms with van der Waals surface area (Å²) in [6.07, 6.45) is 26.7. The van der Waals surface area contributed by atoms with Gasteiger partial charge in [0.05, 0.1) is 0 Å². The van der Waals surface area contributed by atoms with E-state index in [1.807, 2.05) is 0 Å². The van der Waals surface area contributed by atoms with Gasteiger partial charge in [-0.1, -0.05) is 86.8 Å². The molecule has 0 heterocycles. The van der Waals surface area contributed by atoms with E-state index in [-0.39, 0.29) is 0 Å². The average Bonchev–Trinajstić information content (AvgIpc) is 3.08. The monoisotopic (exact) mass is 466 g/mol. The summed E-state index contributed by atoms with van der Waals surface area (Å²) in [5, 5.41) is 0. The molecule has 0 bridgehead atoms. The van der Waals surface area contributed by atoms with Gasteiger partial charge < -0.3 is 0 Å². The molecule has 0 aromatic carbocycles. The van der Waals surface area contributed by atoms with Gasteiger partial charge in [0.1, 0.15) is 0 Å². The summed E-state index contributed by atoms with van der Waals surface area (Å²) >= 11 is -0.826. The Morgan fingerprint density at radius 3 is 1.04 bits per heavy atom. The summed E-state index contributed by atoms with van der Waals surface area (Å²) in [6, 6.07) is 0. The fourth-order valence-electron chi connectivity index (χ4n) is 4.20. The second kappa shape index (κ2) is 8.73. The summed E-state index contributed by atoms with van der Waals surface area (Å²) in [5.41, 5.74) is 0. The van der Waals surface area contributed by atoms with Crippen LogP contribution < -0.4 is 0 Å². The van der Waals surface area contributed by atoms with Crippen LogP contribution >= 0.6 is 17.0 Å². The van der Waals surface area contributed by atoms with Crippen molar-refractivity contribution in [3.8, 4) is 0 Å². The first-order valence-corrected chi connectivity index (χ1v) is 15.2. The molecule has 0 amide bonds. The molecule has 0 aromatic rings. The van der Waals surface area contributed by atoms with Crippen LogP contribution in [0.2, 0.25) is 0 Å². The van der Waals surface area contributed by atoms with Crippen LogP contribution in [0.4, 0.5) is 0 Å². The van der Waals surface area contributed by atoms with Crippen LogP contribution in [0, 0.1) is 59.2 Å². The molecule has 0 unspecified atom stereocenters. The fraction of sp³-hybridized carbons (Fsp3) is 0.0833. The number of hydrogen-bond acceptors (Lipinski definition) is 0. The Balaban J connectivity index is 0.000000565. The second-order valence-corrected chi connectivity index (χ2v) is 10.5. The topological polar surface area (TPSA) is 0 Å². The first-order chi connectivity index (χ1) is 13.2. The molecule has 2 fully saturated rings.